The summed E-state index contributed by atoms with van der Waals surface area (Å²) in [7, 11) is 1.51. The number of nitrogens with one attached hydrogen (secondary N) is 1. The molecule has 0 radical (unpaired) electrons. The van der Waals surface area contributed by atoms with E-state index in [4.69, 9.17) is 15.2 Å². The summed E-state index contributed by atoms with van der Waals surface area (Å²) < 4.78 is 10.3. The van der Waals surface area contributed by atoms with Gasteiger partial charge in [0.25, 0.3) is 5.91 Å². The number of rotatable bonds is 5. The Morgan fingerprint density at radius 3 is 2.39 bits per heavy atom. The van der Waals surface area contributed by atoms with E-state index >= 15 is 0 Å². The third kappa shape index (κ3) is 4.23. The molecule has 0 aliphatic heterocycles. The predicted molar refractivity (Wildman–Crippen MR) is 87.4 cm³/mol. The fourth-order valence-corrected chi connectivity index (χ4v) is 1.88. The Morgan fingerprint density at radius 2 is 1.74 bits per heavy atom. The molecule has 2 rings (SSSR count). The van der Waals surface area contributed by atoms with Crippen molar-refractivity contribution < 1.29 is 19.1 Å². The normalized spacial score (nSPS) is 11.4. The lowest BCUT2D eigenvalue weighted by Crippen LogP contribution is -2.30. The average Bonchev–Trinajstić information content (AvgIpc) is 2.55. The number of hydrogen-bond acceptors (Lipinski definition) is 5. The van der Waals surface area contributed by atoms with Gasteiger partial charge in [0, 0.05) is 5.69 Å². The summed E-state index contributed by atoms with van der Waals surface area (Å²) in [5.41, 5.74) is 6.95. The minimum absolute atomic E-state index is 0.330. The monoisotopic (exact) mass is 314 g/mol. The van der Waals surface area contributed by atoms with Crippen LogP contribution >= 0.6 is 0 Å². The zero-order valence-electron chi connectivity index (χ0n) is 12.9. The van der Waals surface area contributed by atoms with Crippen LogP contribution in [0.5, 0.6) is 5.75 Å². The second kappa shape index (κ2) is 7.31. The van der Waals surface area contributed by atoms with Gasteiger partial charge in [-0.3, -0.25) is 4.79 Å². The van der Waals surface area contributed by atoms with E-state index in [0.717, 1.165) is 0 Å². The van der Waals surface area contributed by atoms with Crippen molar-refractivity contribution in [1.82, 2.24) is 0 Å². The van der Waals surface area contributed by atoms with Crippen LogP contribution in [0.4, 0.5) is 11.4 Å². The van der Waals surface area contributed by atoms with Crippen molar-refractivity contribution in [3.05, 3.63) is 54.1 Å². The molecule has 2 aromatic rings. The number of methoxy groups -OCH3 is 1. The number of benzene rings is 2. The minimum Gasteiger partial charge on any atom is -0.495 e. The first-order valence-corrected chi connectivity index (χ1v) is 7.01. The number of carbonyl (C=O) groups excluding carboxylic acids is 2. The molecule has 0 saturated carbocycles. The van der Waals surface area contributed by atoms with Crippen LogP contribution in [0.25, 0.3) is 0 Å². The topological polar surface area (TPSA) is 90.6 Å². The molecule has 0 aliphatic rings. The standard InChI is InChI=1S/C17H18N2O4/c1-11(23-17(21)12-7-9-13(18)10-8-12)16(20)19-14-5-3-4-6-15(14)22-2/h3-11H,18H2,1-2H3,(H,19,20)/t11-/m0/s1. The predicted octanol–water partition coefficient (Wildman–Crippen LogP) is 2.46. The van der Waals surface area contributed by atoms with Gasteiger partial charge in [0.1, 0.15) is 5.75 Å². The van der Waals surface area contributed by atoms with Gasteiger partial charge < -0.3 is 20.5 Å². The maximum absolute atomic E-state index is 12.1. The zero-order chi connectivity index (χ0) is 16.8. The third-order valence-electron chi connectivity index (χ3n) is 3.16. The summed E-state index contributed by atoms with van der Waals surface area (Å²) in [6, 6.07) is 13.3. The van der Waals surface area contributed by atoms with Crippen molar-refractivity contribution in [1.29, 1.82) is 0 Å². The van der Waals surface area contributed by atoms with Crippen molar-refractivity contribution in [3.8, 4) is 5.75 Å². The SMILES string of the molecule is COc1ccccc1NC(=O)[C@H](C)OC(=O)c1ccc(N)cc1. The number of amides is 1. The summed E-state index contributed by atoms with van der Waals surface area (Å²) >= 11 is 0. The number of esters is 1. The van der Waals surface area contributed by atoms with Crippen LogP contribution in [0.15, 0.2) is 48.5 Å². The van der Waals surface area contributed by atoms with E-state index < -0.39 is 18.0 Å². The Morgan fingerprint density at radius 1 is 1.09 bits per heavy atom. The molecule has 1 amide bonds. The number of anilines is 2. The van der Waals surface area contributed by atoms with E-state index in [2.05, 4.69) is 5.32 Å². The Hall–Kier alpha value is -3.02. The Labute approximate surface area is 134 Å². The van der Waals surface area contributed by atoms with Crippen LogP contribution in [-0.4, -0.2) is 25.1 Å². The highest BCUT2D eigenvalue weighted by Gasteiger charge is 2.20. The third-order valence-corrected chi connectivity index (χ3v) is 3.16. The van der Waals surface area contributed by atoms with Gasteiger partial charge in [0.05, 0.1) is 18.4 Å². The highest BCUT2D eigenvalue weighted by atomic mass is 16.5. The molecule has 0 heterocycles. The van der Waals surface area contributed by atoms with E-state index in [9.17, 15) is 9.59 Å². The molecular weight excluding hydrogens is 296 g/mol. The summed E-state index contributed by atoms with van der Waals surface area (Å²) in [6.45, 7) is 1.50. The van der Waals surface area contributed by atoms with E-state index in [1.807, 2.05) is 0 Å². The van der Waals surface area contributed by atoms with Gasteiger partial charge in [-0.05, 0) is 43.3 Å². The van der Waals surface area contributed by atoms with Crippen LogP contribution in [0.2, 0.25) is 0 Å². The first kappa shape index (κ1) is 16.4. The van der Waals surface area contributed by atoms with E-state index in [-0.39, 0.29) is 0 Å². The fourth-order valence-electron chi connectivity index (χ4n) is 1.88. The quantitative estimate of drug-likeness (QED) is 0.653. The molecule has 0 aromatic heterocycles. The molecule has 120 valence electrons. The highest BCUT2D eigenvalue weighted by Crippen LogP contribution is 2.23. The van der Waals surface area contributed by atoms with Crippen molar-refractivity contribution in [2.45, 2.75) is 13.0 Å². The largest absolute Gasteiger partial charge is 0.495 e. The summed E-state index contributed by atoms with van der Waals surface area (Å²) in [5, 5.41) is 2.67. The van der Waals surface area contributed by atoms with Gasteiger partial charge in [-0.2, -0.15) is 0 Å². The van der Waals surface area contributed by atoms with E-state index in [1.165, 1.54) is 14.0 Å². The van der Waals surface area contributed by atoms with E-state index in [0.29, 0.717) is 22.7 Å². The smallest absolute Gasteiger partial charge is 0.338 e. The maximum atomic E-state index is 12.1. The van der Waals surface area contributed by atoms with Crippen molar-refractivity contribution >= 4 is 23.3 Å². The molecule has 23 heavy (non-hydrogen) atoms. The van der Waals surface area contributed by atoms with Crippen molar-refractivity contribution in [2.24, 2.45) is 0 Å². The second-order valence-corrected chi connectivity index (χ2v) is 4.86. The highest BCUT2D eigenvalue weighted by molar-refractivity contribution is 5.98. The van der Waals surface area contributed by atoms with Gasteiger partial charge >= 0.3 is 5.97 Å². The Kier molecular flexibility index (Phi) is 5.19. The molecular formula is C17H18N2O4. The molecule has 0 saturated heterocycles. The lowest BCUT2D eigenvalue weighted by Gasteiger charge is -2.15. The number of nitrogen functional groups attached to an aromatic ring is 1. The minimum atomic E-state index is -0.954. The molecule has 0 spiro atoms. The first-order chi connectivity index (χ1) is 11.0. The summed E-state index contributed by atoms with van der Waals surface area (Å²) in [4.78, 5) is 24.1. The van der Waals surface area contributed by atoms with Gasteiger partial charge in [0.2, 0.25) is 0 Å². The average molecular weight is 314 g/mol. The molecule has 0 fully saturated rings. The van der Waals surface area contributed by atoms with E-state index in [1.54, 1.807) is 48.5 Å². The maximum Gasteiger partial charge on any atom is 0.338 e. The van der Waals surface area contributed by atoms with Crippen molar-refractivity contribution in [2.75, 3.05) is 18.2 Å². The lowest BCUT2D eigenvalue weighted by atomic mass is 10.2. The number of ether oxygens (including phenoxy) is 2. The number of carbonyl (C=O) groups is 2. The first-order valence-electron chi connectivity index (χ1n) is 7.01. The van der Waals surface area contributed by atoms with Crippen LogP contribution < -0.4 is 15.8 Å². The van der Waals surface area contributed by atoms with Gasteiger partial charge in [-0.15, -0.1) is 0 Å². The number of para-hydroxylation sites is 2. The molecule has 0 bridgehead atoms. The summed E-state index contributed by atoms with van der Waals surface area (Å²) in [5.74, 6) is -0.510. The summed E-state index contributed by atoms with van der Waals surface area (Å²) in [6.07, 6.45) is -0.954. The van der Waals surface area contributed by atoms with Gasteiger partial charge in [-0.25, -0.2) is 4.79 Å². The number of nitrogens with two attached hydrogens (primary N) is 1. The number of hydrogen-bond donors (Lipinski definition) is 2. The molecule has 1 atom stereocenters. The molecule has 0 aliphatic carbocycles. The van der Waals surface area contributed by atoms with Crippen LogP contribution in [0.1, 0.15) is 17.3 Å². The lowest BCUT2D eigenvalue weighted by molar-refractivity contribution is -0.123. The van der Waals surface area contributed by atoms with Crippen LogP contribution in [-0.2, 0) is 9.53 Å². The molecule has 0 unspecified atom stereocenters. The van der Waals surface area contributed by atoms with Gasteiger partial charge in [-0.1, -0.05) is 12.1 Å². The fraction of sp³-hybridized carbons (Fsp3) is 0.176. The zero-order valence-corrected chi connectivity index (χ0v) is 12.9. The Balaban J connectivity index is 1.99. The second-order valence-electron chi connectivity index (χ2n) is 4.86. The molecule has 2 aromatic carbocycles. The Bertz CT molecular complexity index is 698. The molecule has 3 N–H and O–H groups in total. The van der Waals surface area contributed by atoms with Gasteiger partial charge in [0.15, 0.2) is 6.10 Å². The van der Waals surface area contributed by atoms with Crippen molar-refractivity contribution in [3.63, 3.8) is 0 Å². The van der Waals surface area contributed by atoms with Crippen LogP contribution in [0, 0.1) is 0 Å². The molecule has 6 nitrogen and oxygen atoms in total. The molecule has 6 heteroatoms. The van der Waals surface area contributed by atoms with Crippen LogP contribution in [0.3, 0.4) is 0 Å².